The van der Waals surface area contributed by atoms with E-state index < -0.39 is 9.84 Å². The van der Waals surface area contributed by atoms with Gasteiger partial charge >= 0.3 is 0 Å². The smallest absolute Gasteiger partial charge is 0.224 e. The topological polar surface area (TPSA) is 98.9 Å². The fourth-order valence-corrected chi connectivity index (χ4v) is 2.64. The second-order valence-electron chi connectivity index (χ2n) is 5.56. The molecule has 0 aliphatic heterocycles. The summed E-state index contributed by atoms with van der Waals surface area (Å²) in [6.07, 6.45) is 1.83. The second-order valence-corrected chi connectivity index (χ2v) is 7.57. The van der Waals surface area contributed by atoms with Crippen molar-refractivity contribution in [3.8, 4) is 5.75 Å². The number of methoxy groups -OCH3 is 1. The van der Waals surface area contributed by atoms with Crippen LogP contribution in [0.1, 0.15) is 12.8 Å². The van der Waals surface area contributed by atoms with Crippen molar-refractivity contribution >= 4 is 15.7 Å². The molecule has 0 fully saturated rings. The molecular formula is C16H26N2O5S. The molecule has 0 saturated heterocycles. The van der Waals surface area contributed by atoms with E-state index in [9.17, 15) is 13.2 Å². The van der Waals surface area contributed by atoms with E-state index in [1.165, 1.54) is 19.2 Å². The van der Waals surface area contributed by atoms with Crippen LogP contribution in [0.15, 0.2) is 29.2 Å². The summed E-state index contributed by atoms with van der Waals surface area (Å²) in [6, 6.07) is 6.27. The highest BCUT2D eigenvalue weighted by Crippen LogP contribution is 2.16. The molecule has 0 aliphatic carbocycles. The fraction of sp³-hybridized carbons (Fsp3) is 0.562. The van der Waals surface area contributed by atoms with Crippen LogP contribution in [0.25, 0.3) is 0 Å². The number of nitrogens with zero attached hydrogens (tertiary/aromatic N) is 1. The van der Waals surface area contributed by atoms with Crippen LogP contribution in [-0.2, 0) is 19.4 Å². The van der Waals surface area contributed by atoms with Crippen molar-refractivity contribution in [3.05, 3.63) is 24.3 Å². The minimum atomic E-state index is -3.20. The number of amides is 1. The number of hydrogen-bond acceptors (Lipinski definition) is 6. The van der Waals surface area contributed by atoms with Gasteiger partial charge in [0.05, 0.1) is 24.0 Å². The maximum atomic E-state index is 12.0. The van der Waals surface area contributed by atoms with E-state index in [1.54, 1.807) is 24.1 Å². The maximum Gasteiger partial charge on any atom is 0.224 e. The molecule has 1 rings (SSSR count). The predicted octanol–water partition coefficient (Wildman–Crippen LogP) is 0.681. The van der Waals surface area contributed by atoms with Crippen LogP contribution in [0, 0.1) is 0 Å². The van der Waals surface area contributed by atoms with Crippen molar-refractivity contribution in [1.82, 2.24) is 4.90 Å². The van der Waals surface area contributed by atoms with Gasteiger partial charge in [0.1, 0.15) is 5.75 Å². The van der Waals surface area contributed by atoms with Crippen molar-refractivity contribution in [1.29, 1.82) is 0 Å². The Kier molecular flexibility index (Phi) is 8.17. The summed E-state index contributed by atoms with van der Waals surface area (Å²) >= 11 is 0. The Morgan fingerprint density at radius 3 is 2.42 bits per heavy atom. The lowest BCUT2D eigenvalue weighted by Crippen LogP contribution is -2.34. The molecule has 0 spiro atoms. The van der Waals surface area contributed by atoms with Gasteiger partial charge in [-0.25, -0.2) is 8.42 Å². The molecule has 2 N–H and O–H groups in total. The summed E-state index contributed by atoms with van der Waals surface area (Å²) in [6.45, 7) is 1.30. The highest BCUT2D eigenvalue weighted by atomic mass is 32.2. The monoisotopic (exact) mass is 358 g/mol. The zero-order chi connectivity index (χ0) is 18.2. The second kappa shape index (κ2) is 9.61. The van der Waals surface area contributed by atoms with Crippen molar-refractivity contribution in [2.24, 2.45) is 5.73 Å². The Morgan fingerprint density at radius 1 is 1.29 bits per heavy atom. The SMILES string of the molecule is COC(CN)CC(=O)N(C)CCCOc1ccc(S(C)(=O)=O)cc1. The minimum absolute atomic E-state index is 0.0233. The molecule has 24 heavy (non-hydrogen) atoms. The largest absolute Gasteiger partial charge is 0.494 e. The third-order valence-corrected chi connectivity index (χ3v) is 4.71. The number of carbonyl (C=O) groups is 1. The van der Waals surface area contributed by atoms with Crippen LogP contribution >= 0.6 is 0 Å². The lowest BCUT2D eigenvalue weighted by atomic mass is 10.2. The lowest BCUT2D eigenvalue weighted by molar-refractivity contribution is -0.132. The molecule has 136 valence electrons. The highest BCUT2D eigenvalue weighted by molar-refractivity contribution is 7.90. The maximum absolute atomic E-state index is 12.0. The van der Waals surface area contributed by atoms with Crippen LogP contribution in [0.4, 0.5) is 0 Å². The van der Waals surface area contributed by atoms with Gasteiger partial charge < -0.3 is 20.1 Å². The third-order valence-electron chi connectivity index (χ3n) is 3.58. The molecule has 8 heteroatoms. The van der Waals surface area contributed by atoms with E-state index in [1.807, 2.05) is 0 Å². The number of hydrogen-bond donors (Lipinski definition) is 1. The van der Waals surface area contributed by atoms with Gasteiger partial charge in [0, 0.05) is 33.5 Å². The van der Waals surface area contributed by atoms with Gasteiger partial charge in [-0.1, -0.05) is 0 Å². The molecule has 1 aromatic rings. The number of benzene rings is 1. The van der Waals surface area contributed by atoms with Crippen LogP contribution < -0.4 is 10.5 Å². The van der Waals surface area contributed by atoms with Crippen LogP contribution in [0.3, 0.4) is 0 Å². The zero-order valence-electron chi connectivity index (χ0n) is 14.4. The van der Waals surface area contributed by atoms with E-state index in [2.05, 4.69) is 0 Å². The summed E-state index contributed by atoms with van der Waals surface area (Å²) in [5.74, 6) is 0.573. The number of rotatable bonds is 10. The highest BCUT2D eigenvalue weighted by Gasteiger charge is 2.15. The normalized spacial score (nSPS) is 12.7. The van der Waals surface area contributed by atoms with Gasteiger partial charge in [-0.2, -0.15) is 0 Å². The van der Waals surface area contributed by atoms with E-state index in [4.69, 9.17) is 15.2 Å². The van der Waals surface area contributed by atoms with Crippen molar-refractivity contribution in [2.45, 2.75) is 23.8 Å². The standard InChI is InChI=1S/C16H26N2O5S/c1-18(16(19)11-14(12-17)22-2)9-4-10-23-13-5-7-15(8-6-13)24(3,20)21/h5-8,14H,4,9-12,17H2,1-3H3. The molecule has 1 atom stereocenters. The minimum Gasteiger partial charge on any atom is -0.494 e. The average Bonchev–Trinajstić information content (AvgIpc) is 2.55. The first-order chi connectivity index (χ1) is 11.3. The van der Waals surface area contributed by atoms with E-state index in [0.717, 1.165) is 6.26 Å². The fourth-order valence-electron chi connectivity index (χ4n) is 2.01. The first-order valence-electron chi connectivity index (χ1n) is 7.67. The molecule has 0 aromatic heterocycles. The van der Waals surface area contributed by atoms with Crippen LogP contribution in [0.5, 0.6) is 5.75 Å². The van der Waals surface area contributed by atoms with E-state index >= 15 is 0 Å². The Balaban J connectivity index is 2.34. The Labute approximate surface area is 143 Å². The number of ether oxygens (including phenoxy) is 2. The lowest BCUT2D eigenvalue weighted by Gasteiger charge is -2.20. The summed E-state index contributed by atoms with van der Waals surface area (Å²) in [4.78, 5) is 13.8. The molecule has 0 heterocycles. The van der Waals surface area contributed by atoms with Crippen LogP contribution in [0.2, 0.25) is 0 Å². The molecule has 0 aliphatic rings. The van der Waals surface area contributed by atoms with Crippen LogP contribution in [-0.4, -0.2) is 65.4 Å². The molecule has 0 radical (unpaired) electrons. The quantitative estimate of drug-likeness (QED) is 0.618. The number of carbonyl (C=O) groups excluding carboxylic acids is 1. The van der Waals surface area contributed by atoms with E-state index in [0.29, 0.717) is 31.9 Å². The first-order valence-corrected chi connectivity index (χ1v) is 9.56. The Morgan fingerprint density at radius 2 is 1.92 bits per heavy atom. The third kappa shape index (κ3) is 6.86. The zero-order valence-corrected chi connectivity index (χ0v) is 15.2. The molecule has 1 aromatic carbocycles. The molecule has 1 amide bonds. The van der Waals surface area contributed by atoms with Gasteiger partial charge in [-0.3, -0.25) is 4.79 Å². The van der Waals surface area contributed by atoms with Gasteiger partial charge in [0.2, 0.25) is 5.91 Å². The van der Waals surface area contributed by atoms with E-state index in [-0.39, 0.29) is 23.3 Å². The summed E-state index contributed by atoms with van der Waals surface area (Å²) in [7, 11) is 0.0652. The summed E-state index contributed by atoms with van der Waals surface area (Å²) in [5.41, 5.74) is 5.50. The molecule has 0 saturated carbocycles. The van der Waals surface area contributed by atoms with Gasteiger partial charge in [0.25, 0.3) is 0 Å². The van der Waals surface area contributed by atoms with Gasteiger partial charge in [-0.15, -0.1) is 0 Å². The first kappa shape index (κ1) is 20.4. The predicted molar refractivity (Wildman–Crippen MR) is 91.8 cm³/mol. The van der Waals surface area contributed by atoms with Crippen molar-refractivity contribution < 1.29 is 22.7 Å². The molecule has 0 bridgehead atoms. The summed E-state index contributed by atoms with van der Waals surface area (Å²) < 4.78 is 33.4. The molecular weight excluding hydrogens is 332 g/mol. The number of sulfone groups is 1. The average molecular weight is 358 g/mol. The Bertz CT molecular complexity index is 612. The number of nitrogens with two attached hydrogens (primary N) is 1. The van der Waals surface area contributed by atoms with Gasteiger partial charge in [0.15, 0.2) is 9.84 Å². The summed E-state index contributed by atoms with van der Waals surface area (Å²) in [5, 5.41) is 0. The van der Waals surface area contributed by atoms with Crippen molar-refractivity contribution in [2.75, 3.05) is 40.1 Å². The molecule has 7 nitrogen and oxygen atoms in total. The van der Waals surface area contributed by atoms with Gasteiger partial charge in [-0.05, 0) is 30.7 Å². The Hall–Kier alpha value is -1.64. The van der Waals surface area contributed by atoms with Crippen molar-refractivity contribution in [3.63, 3.8) is 0 Å². The molecule has 1 unspecified atom stereocenters.